The molecule has 0 saturated carbocycles. The van der Waals surface area contributed by atoms with Crippen LogP contribution in [0, 0.1) is 0 Å². The van der Waals surface area contributed by atoms with E-state index in [1.54, 1.807) is 18.2 Å². The number of fused-ring (bicyclic) bond motifs is 3. The van der Waals surface area contributed by atoms with Crippen molar-refractivity contribution in [2.45, 2.75) is 6.18 Å². The first-order valence-electron chi connectivity index (χ1n) is 10.3. The van der Waals surface area contributed by atoms with Gasteiger partial charge >= 0.3 is 6.18 Å². The molecule has 0 radical (unpaired) electrons. The largest absolute Gasteiger partial charge is 0.505 e. The number of phenolic OH excluding ortho intramolecular Hbond substituents is 1. The third-order valence-electron chi connectivity index (χ3n) is 5.24. The number of aromatic nitrogens is 1. The van der Waals surface area contributed by atoms with E-state index in [0.717, 1.165) is 28.3 Å². The molecule has 1 N–H and O–H groups in total. The SMILES string of the molecule is Oc1c(N=Nc2cccc(Oc3ccc(C(F)(F)F)cc3)n2)c2ccccc2c2ccccc12. The highest BCUT2D eigenvalue weighted by atomic mass is 19.4. The van der Waals surface area contributed by atoms with Gasteiger partial charge in [-0.2, -0.15) is 18.2 Å². The molecule has 5 rings (SSSR count). The Bertz CT molecular complexity index is 1530. The van der Waals surface area contributed by atoms with Crippen molar-refractivity contribution >= 4 is 33.1 Å². The number of rotatable bonds is 4. The molecule has 0 aliphatic carbocycles. The minimum atomic E-state index is -4.42. The number of alkyl halides is 3. The van der Waals surface area contributed by atoms with Gasteiger partial charge in [-0.05, 0) is 41.1 Å². The maximum Gasteiger partial charge on any atom is 0.416 e. The van der Waals surface area contributed by atoms with Crippen LogP contribution in [0.15, 0.2) is 101 Å². The van der Waals surface area contributed by atoms with Crippen molar-refractivity contribution in [3.05, 3.63) is 96.6 Å². The highest BCUT2D eigenvalue weighted by Gasteiger charge is 2.30. The zero-order chi connectivity index (χ0) is 23.7. The summed E-state index contributed by atoms with van der Waals surface area (Å²) in [6, 6.07) is 24.2. The molecule has 34 heavy (non-hydrogen) atoms. The number of halogens is 3. The van der Waals surface area contributed by atoms with Gasteiger partial charge in [-0.1, -0.05) is 54.6 Å². The van der Waals surface area contributed by atoms with E-state index in [1.807, 2.05) is 48.5 Å². The number of ether oxygens (including phenoxy) is 1. The van der Waals surface area contributed by atoms with Crippen LogP contribution in [0.5, 0.6) is 17.4 Å². The van der Waals surface area contributed by atoms with E-state index in [0.29, 0.717) is 11.1 Å². The van der Waals surface area contributed by atoms with Crippen LogP contribution in [0.1, 0.15) is 5.56 Å². The molecule has 168 valence electrons. The Balaban J connectivity index is 1.46. The first-order chi connectivity index (χ1) is 16.4. The Labute approximate surface area is 191 Å². The van der Waals surface area contributed by atoms with Crippen LogP contribution in [0.2, 0.25) is 0 Å². The molecule has 0 unspecified atom stereocenters. The van der Waals surface area contributed by atoms with Crippen LogP contribution >= 0.6 is 0 Å². The summed E-state index contributed by atoms with van der Waals surface area (Å²) in [5.41, 5.74) is -0.456. The molecule has 8 heteroatoms. The average molecular weight is 459 g/mol. The number of hydrogen-bond donors (Lipinski definition) is 1. The predicted octanol–water partition coefficient (Wildman–Crippen LogP) is 8.32. The number of benzene rings is 4. The van der Waals surface area contributed by atoms with Gasteiger partial charge in [0.15, 0.2) is 11.6 Å². The lowest BCUT2D eigenvalue weighted by Crippen LogP contribution is -2.04. The molecule has 0 saturated heterocycles. The smallest absolute Gasteiger partial charge is 0.416 e. The summed E-state index contributed by atoms with van der Waals surface area (Å²) in [6.45, 7) is 0. The molecule has 0 fully saturated rings. The quantitative estimate of drug-likeness (QED) is 0.217. The number of phenols is 1. The van der Waals surface area contributed by atoms with Crippen LogP contribution in [0.3, 0.4) is 0 Å². The van der Waals surface area contributed by atoms with E-state index < -0.39 is 11.7 Å². The molecule has 1 aromatic heterocycles. The summed E-state index contributed by atoms with van der Waals surface area (Å²) in [6.07, 6.45) is -4.42. The highest BCUT2D eigenvalue weighted by molar-refractivity contribution is 6.15. The molecule has 4 aromatic carbocycles. The summed E-state index contributed by atoms with van der Waals surface area (Å²) < 4.78 is 43.8. The highest BCUT2D eigenvalue weighted by Crippen LogP contribution is 2.43. The van der Waals surface area contributed by atoms with Crippen LogP contribution in [-0.2, 0) is 6.18 Å². The van der Waals surface area contributed by atoms with Crippen molar-refractivity contribution in [3.63, 3.8) is 0 Å². The second kappa shape index (κ2) is 8.47. The lowest BCUT2D eigenvalue weighted by Gasteiger charge is -2.10. The summed E-state index contributed by atoms with van der Waals surface area (Å²) in [7, 11) is 0. The van der Waals surface area contributed by atoms with Gasteiger partial charge in [0, 0.05) is 16.8 Å². The van der Waals surface area contributed by atoms with Crippen molar-refractivity contribution in [2.75, 3.05) is 0 Å². The predicted molar refractivity (Wildman–Crippen MR) is 123 cm³/mol. The normalized spacial score (nSPS) is 12.0. The Morgan fingerprint density at radius 2 is 1.29 bits per heavy atom. The van der Waals surface area contributed by atoms with Crippen molar-refractivity contribution in [3.8, 4) is 17.4 Å². The Kier molecular flexibility index (Phi) is 5.33. The monoisotopic (exact) mass is 459 g/mol. The topological polar surface area (TPSA) is 67.1 Å². The van der Waals surface area contributed by atoms with Gasteiger partial charge in [-0.25, -0.2) is 0 Å². The van der Waals surface area contributed by atoms with E-state index in [2.05, 4.69) is 15.2 Å². The van der Waals surface area contributed by atoms with Crippen molar-refractivity contribution < 1.29 is 23.0 Å². The first kappa shape index (κ1) is 21.4. The van der Waals surface area contributed by atoms with E-state index in [9.17, 15) is 18.3 Å². The second-order valence-electron chi connectivity index (χ2n) is 7.45. The van der Waals surface area contributed by atoms with Gasteiger partial charge in [0.1, 0.15) is 11.4 Å². The molecule has 0 aliphatic rings. The maximum absolute atomic E-state index is 12.7. The van der Waals surface area contributed by atoms with Gasteiger partial charge in [0.05, 0.1) is 5.56 Å². The standard InChI is InChI=1S/C26H16F3N3O2/c27-26(28,29)16-12-14-17(15-13-16)34-23-11-5-10-22(30-23)31-32-24-20-8-3-1-6-18(20)19-7-2-4-9-21(19)25(24)33/h1-15,33H. The fourth-order valence-corrected chi connectivity index (χ4v) is 3.66. The molecular formula is C26H16F3N3O2. The zero-order valence-corrected chi connectivity index (χ0v) is 17.5. The first-order valence-corrected chi connectivity index (χ1v) is 10.3. The second-order valence-corrected chi connectivity index (χ2v) is 7.45. The van der Waals surface area contributed by atoms with Gasteiger partial charge in [-0.15, -0.1) is 10.2 Å². The molecular weight excluding hydrogens is 443 g/mol. The molecule has 5 aromatic rings. The van der Waals surface area contributed by atoms with Gasteiger partial charge in [0.25, 0.3) is 0 Å². The lowest BCUT2D eigenvalue weighted by molar-refractivity contribution is -0.137. The van der Waals surface area contributed by atoms with Crippen molar-refractivity contribution in [2.24, 2.45) is 10.2 Å². The van der Waals surface area contributed by atoms with Gasteiger partial charge in [-0.3, -0.25) is 0 Å². The van der Waals surface area contributed by atoms with Crippen molar-refractivity contribution in [1.29, 1.82) is 0 Å². The van der Waals surface area contributed by atoms with E-state index >= 15 is 0 Å². The molecule has 0 bridgehead atoms. The number of hydrogen-bond acceptors (Lipinski definition) is 5. The Hall–Kier alpha value is -4.46. The average Bonchev–Trinajstić information content (AvgIpc) is 2.84. The summed E-state index contributed by atoms with van der Waals surface area (Å²) in [5.74, 6) is 0.563. The third-order valence-corrected chi connectivity index (χ3v) is 5.24. The van der Waals surface area contributed by atoms with Crippen LogP contribution in [0.25, 0.3) is 21.5 Å². The van der Waals surface area contributed by atoms with E-state index in [4.69, 9.17) is 4.74 Å². The summed E-state index contributed by atoms with van der Waals surface area (Å²) in [4.78, 5) is 4.24. The van der Waals surface area contributed by atoms with E-state index in [1.165, 1.54) is 12.1 Å². The fraction of sp³-hybridized carbons (Fsp3) is 0.0385. The number of pyridine rings is 1. The van der Waals surface area contributed by atoms with Gasteiger partial charge in [0.2, 0.25) is 5.88 Å². The third kappa shape index (κ3) is 4.13. The summed E-state index contributed by atoms with van der Waals surface area (Å²) in [5, 5.41) is 22.5. The number of nitrogens with zero attached hydrogens (tertiary/aromatic N) is 3. The maximum atomic E-state index is 12.7. The minimum absolute atomic E-state index is 0.00945. The molecule has 1 heterocycles. The lowest BCUT2D eigenvalue weighted by atomic mass is 9.99. The van der Waals surface area contributed by atoms with Crippen LogP contribution in [-0.4, -0.2) is 10.1 Å². The van der Waals surface area contributed by atoms with Gasteiger partial charge < -0.3 is 9.84 Å². The molecule has 0 aliphatic heterocycles. The van der Waals surface area contributed by atoms with Crippen LogP contribution < -0.4 is 4.74 Å². The Morgan fingerprint density at radius 1 is 0.676 bits per heavy atom. The number of azo groups is 1. The molecule has 0 spiro atoms. The van der Waals surface area contributed by atoms with E-state index in [-0.39, 0.29) is 23.2 Å². The zero-order valence-electron chi connectivity index (χ0n) is 17.5. The molecule has 0 atom stereocenters. The summed E-state index contributed by atoms with van der Waals surface area (Å²) >= 11 is 0. The fourth-order valence-electron chi connectivity index (χ4n) is 3.66. The number of aromatic hydroxyl groups is 1. The molecule has 0 amide bonds. The van der Waals surface area contributed by atoms with Crippen molar-refractivity contribution in [1.82, 2.24) is 4.98 Å². The minimum Gasteiger partial charge on any atom is -0.505 e. The molecule has 5 nitrogen and oxygen atoms in total. The Morgan fingerprint density at radius 3 is 1.97 bits per heavy atom. The van der Waals surface area contributed by atoms with Crippen LogP contribution in [0.4, 0.5) is 24.7 Å².